The summed E-state index contributed by atoms with van der Waals surface area (Å²) in [5.41, 5.74) is 3.45. The number of carbonyl (C=O) groups is 3. The number of likely N-dealkylation sites (N-methyl/N-ethyl adjacent to an activating group) is 1. The van der Waals surface area contributed by atoms with E-state index in [9.17, 15) is 18.8 Å². The Bertz CT molecular complexity index is 944. The maximum atomic E-state index is 15.3. The molecule has 1 aliphatic carbocycles. The summed E-state index contributed by atoms with van der Waals surface area (Å²) < 4.78 is 43.7. The Hall–Kier alpha value is -2.82. The predicted octanol–water partition coefficient (Wildman–Crippen LogP) is 1.44. The Morgan fingerprint density at radius 3 is 2.55 bits per heavy atom. The van der Waals surface area contributed by atoms with E-state index in [4.69, 9.17) is 17.3 Å². The van der Waals surface area contributed by atoms with Gasteiger partial charge in [0.05, 0.1) is 23.0 Å². The molecule has 0 saturated heterocycles. The van der Waals surface area contributed by atoms with Crippen LogP contribution in [0.1, 0.15) is 19.3 Å². The third-order valence-electron chi connectivity index (χ3n) is 5.80. The van der Waals surface area contributed by atoms with Gasteiger partial charge >= 0.3 is 0 Å². The Labute approximate surface area is 180 Å². The molecule has 0 bridgehead atoms. The summed E-state index contributed by atoms with van der Waals surface area (Å²) >= 11 is 5.88. The Morgan fingerprint density at radius 2 is 1.97 bits per heavy atom. The maximum absolute atomic E-state index is 15.3. The molecule has 3 amide bonds. The zero-order chi connectivity index (χ0) is 23.0. The van der Waals surface area contributed by atoms with Crippen molar-refractivity contribution in [2.75, 3.05) is 12.4 Å². The molecule has 2 aliphatic rings. The van der Waals surface area contributed by atoms with Crippen LogP contribution in [0.25, 0.3) is 0 Å². The van der Waals surface area contributed by atoms with Crippen LogP contribution in [0.3, 0.4) is 0 Å². The van der Waals surface area contributed by atoms with Gasteiger partial charge in [0, 0.05) is 19.4 Å². The van der Waals surface area contributed by atoms with Crippen LogP contribution >= 0.6 is 11.6 Å². The number of alkyl halides is 2. The molecule has 1 aromatic rings. The highest BCUT2D eigenvalue weighted by Crippen LogP contribution is 2.48. The first-order valence-electron chi connectivity index (χ1n) is 9.47. The second-order valence-electron chi connectivity index (χ2n) is 7.58. The predicted molar refractivity (Wildman–Crippen MR) is 107 cm³/mol. The molecule has 3 rings (SSSR count). The standard InChI is InChI=1S/C19H21ClF3N5O3/c1-25-16(30)14-19(17(24)31,27-8-26-14)13-5-2-9(7-18(13,22)23)15(29)28-12-4-3-10(21)6-11(12)20/h3-4,6,8-9,13-14H,2,5,7H2,1H3,(H2,24,31)(H,25,30)(H,26,27)(H,28,29)/t9-,13+,14?,19?/m1/s1. The lowest BCUT2D eigenvalue weighted by Crippen LogP contribution is -2.70. The van der Waals surface area contributed by atoms with Gasteiger partial charge in [-0.1, -0.05) is 11.6 Å². The van der Waals surface area contributed by atoms with E-state index in [1.54, 1.807) is 0 Å². The molecule has 1 fully saturated rings. The number of aliphatic imine (C=N–C) groups is 1. The Morgan fingerprint density at radius 1 is 1.26 bits per heavy atom. The second kappa shape index (κ2) is 8.37. The van der Waals surface area contributed by atoms with Gasteiger partial charge in [0.15, 0.2) is 11.6 Å². The van der Waals surface area contributed by atoms with Crippen molar-refractivity contribution in [3.05, 3.63) is 29.0 Å². The summed E-state index contributed by atoms with van der Waals surface area (Å²) in [5, 5.41) is 7.16. The van der Waals surface area contributed by atoms with Gasteiger partial charge in [-0.2, -0.15) is 0 Å². The fourth-order valence-electron chi connectivity index (χ4n) is 4.26. The lowest BCUT2D eigenvalue weighted by Gasteiger charge is -2.45. The first kappa shape index (κ1) is 22.9. The Kier molecular flexibility index (Phi) is 6.17. The molecule has 1 aromatic carbocycles. The molecule has 5 N–H and O–H groups in total. The lowest BCUT2D eigenvalue weighted by atomic mass is 9.66. The number of rotatable bonds is 5. The number of benzene rings is 1. The minimum Gasteiger partial charge on any atom is -0.368 e. The highest BCUT2D eigenvalue weighted by molar-refractivity contribution is 6.33. The van der Waals surface area contributed by atoms with Gasteiger partial charge in [0.2, 0.25) is 17.7 Å². The van der Waals surface area contributed by atoms with E-state index in [1.807, 2.05) is 0 Å². The van der Waals surface area contributed by atoms with E-state index < -0.39 is 59.3 Å². The molecule has 31 heavy (non-hydrogen) atoms. The number of hydrogen-bond acceptors (Lipinski definition) is 5. The van der Waals surface area contributed by atoms with Crippen LogP contribution in [0.15, 0.2) is 23.2 Å². The number of hydrogen-bond donors (Lipinski definition) is 4. The summed E-state index contributed by atoms with van der Waals surface area (Å²) in [4.78, 5) is 40.9. The Balaban J connectivity index is 1.81. The number of carbonyl (C=O) groups excluding carboxylic acids is 3. The minimum absolute atomic E-state index is 0.00206. The van der Waals surface area contributed by atoms with Crippen molar-refractivity contribution in [3.63, 3.8) is 0 Å². The molecule has 2 unspecified atom stereocenters. The average Bonchev–Trinajstić information content (AvgIpc) is 3.14. The van der Waals surface area contributed by atoms with Gasteiger partial charge in [-0.05, 0) is 31.0 Å². The fraction of sp³-hybridized carbons (Fsp3) is 0.474. The number of nitrogens with zero attached hydrogens (tertiary/aromatic N) is 1. The normalized spacial score (nSPS) is 29.1. The second-order valence-corrected chi connectivity index (χ2v) is 7.99. The molecule has 1 heterocycles. The molecular formula is C19H21ClF3N5O3. The van der Waals surface area contributed by atoms with Crippen molar-refractivity contribution in [1.29, 1.82) is 0 Å². The van der Waals surface area contributed by atoms with Crippen LogP contribution in [0, 0.1) is 17.7 Å². The van der Waals surface area contributed by atoms with E-state index in [2.05, 4.69) is 20.9 Å². The van der Waals surface area contributed by atoms with Crippen LogP contribution < -0.4 is 21.7 Å². The largest absolute Gasteiger partial charge is 0.368 e. The zero-order valence-electron chi connectivity index (χ0n) is 16.4. The van der Waals surface area contributed by atoms with E-state index in [0.717, 1.165) is 18.5 Å². The van der Waals surface area contributed by atoms with Gasteiger partial charge < -0.3 is 21.7 Å². The van der Waals surface area contributed by atoms with Crippen molar-refractivity contribution in [2.24, 2.45) is 22.6 Å². The molecule has 0 radical (unpaired) electrons. The molecule has 0 aromatic heterocycles. The summed E-state index contributed by atoms with van der Waals surface area (Å²) in [6.45, 7) is 0. The number of primary amides is 1. The van der Waals surface area contributed by atoms with Crippen LogP contribution in [-0.4, -0.2) is 48.6 Å². The molecular weight excluding hydrogens is 439 g/mol. The van der Waals surface area contributed by atoms with Gasteiger partial charge in [0.1, 0.15) is 5.82 Å². The van der Waals surface area contributed by atoms with Crippen molar-refractivity contribution in [1.82, 2.24) is 10.6 Å². The molecule has 12 heteroatoms. The smallest absolute Gasteiger partial charge is 0.254 e. The summed E-state index contributed by atoms with van der Waals surface area (Å²) in [7, 11) is 1.29. The monoisotopic (exact) mass is 459 g/mol. The summed E-state index contributed by atoms with van der Waals surface area (Å²) in [5.74, 6) is -9.47. The number of nitrogens with two attached hydrogens (primary N) is 1. The number of nitrogens with one attached hydrogen (secondary N) is 3. The third-order valence-corrected chi connectivity index (χ3v) is 6.12. The number of halogens is 4. The SMILES string of the molecule is CNC(=O)C1N=CNC1(C(N)=O)[C@H]1CC[C@@H](C(=O)Nc2ccc(F)cc2Cl)CC1(F)F. The lowest BCUT2D eigenvalue weighted by molar-refractivity contribution is -0.159. The highest BCUT2D eigenvalue weighted by Gasteiger charge is 2.64. The van der Waals surface area contributed by atoms with Crippen LogP contribution in [0.4, 0.5) is 18.9 Å². The topological polar surface area (TPSA) is 126 Å². The molecule has 8 nitrogen and oxygen atoms in total. The number of anilines is 1. The van der Waals surface area contributed by atoms with Crippen LogP contribution in [-0.2, 0) is 14.4 Å². The van der Waals surface area contributed by atoms with E-state index in [1.165, 1.54) is 13.1 Å². The van der Waals surface area contributed by atoms with Gasteiger partial charge in [-0.15, -0.1) is 0 Å². The van der Waals surface area contributed by atoms with E-state index in [-0.39, 0.29) is 23.6 Å². The van der Waals surface area contributed by atoms with Gasteiger partial charge in [0.25, 0.3) is 5.92 Å². The third kappa shape index (κ3) is 4.06. The number of amides is 3. The highest BCUT2D eigenvalue weighted by atomic mass is 35.5. The molecule has 1 saturated carbocycles. The van der Waals surface area contributed by atoms with Gasteiger partial charge in [-0.3, -0.25) is 19.4 Å². The molecule has 4 atom stereocenters. The van der Waals surface area contributed by atoms with Gasteiger partial charge in [-0.25, -0.2) is 13.2 Å². The van der Waals surface area contributed by atoms with Crippen LogP contribution in [0.5, 0.6) is 0 Å². The van der Waals surface area contributed by atoms with Crippen molar-refractivity contribution < 1.29 is 27.6 Å². The average molecular weight is 460 g/mol. The van der Waals surface area contributed by atoms with Crippen molar-refractivity contribution in [3.8, 4) is 0 Å². The quantitative estimate of drug-likeness (QED) is 0.531. The first-order valence-corrected chi connectivity index (χ1v) is 9.85. The van der Waals surface area contributed by atoms with Crippen molar-refractivity contribution >= 4 is 41.3 Å². The molecule has 168 valence electrons. The van der Waals surface area contributed by atoms with Crippen molar-refractivity contribution in [2.45, 2.75) is 36.8 Å². The fourth-order valence-corrected chi connectivity index (χ4v) is 4.47. The van der Waals surface area contributed by atoms with E-state index in [0.29, 0.717) is 0 Å². The maximum Gasteiger partial charge on any atom is 0.254 e. The van der Waals surface area contributed by atoms with E-state index >= 15 is 8.78 Å². The van der Waals surface area contributed by atoms with Crippen LogP contribution in [0.2, 0.25) is 5.02 Å². The molecule has 1 aliphatic heterocycles. The zero-order valence-corrected chi connectivity index (χ0v) is 17.2. The molecule has 0 spiro atoms. The summed E-state index contributed by atoms with van der Waals surface area (Å²) in [6.07, 6.45) is -0.118. The minimum atomic E-state index is -3.52. The summed E-state index contributed by atoms with van der Waals surface area (Å²) in [6, 6.07) is 1.84. The first-order chi connectivity index (χ1) is 14.5.